The Bertz CT molecular complexity index is 955. The minimum Gasteiger partial charge on any atom is -0.356 e. The number of aromatic nitrogens is 2. The minimum absolute atomic E-state index is 0.157. The Morgan fingerprint density at radius 1 is 1.19 bits per heavy atom. The number of para-hydroxylation sites is 1. The molecule has 138 valence electrons. The van der Waals surface area contributed by atoms with Crippen molar-refractivity contribution in [3.05, 3.63) is 60.0 Å². The van der Waals surface area contributed by atoms with Crippen LogP contribution in [0.2, 0.25) is 0 Å². The highest BCUT2D eigenvalue weighted by Crippen LogP contribution is 2.33. The maximum Gasteiger partial charge on any atom is 0.229 e. The molecule has 0 saturated carbocycles. The number of pyridine rings is 1. The molecule has 0 spiro atoms. The Kier molecular flexibility index (Phi) is 4.13. The van der Waals surface area contributed by atoms with Gasteiger partial charge >= 0.3 is 0 Å². The molecule has 5 rings (SSSR count). The molecule has 0 unspecified atom stereocenters. The predicted molar refractivity (Wildman–Crippen MR) is 101 cm³/mol. The summed E-state index contributed by atoms with van der Waals surface area (Å²) in [4.78, 5) is 21.7. The summed E-state index contributed by atoms with van der Waals surface area (Å²) in [6, 6.07) is 12.1. The summed E-state index contributed by atoms with van der Waals surface area (Å²) < 4.78 is 5.35. The number of nitrogens with zero attached hydrogens (tertiary/aromatic N) is 4. The number of rotatable bonds is 4. The van der Waals surface area contributed by atoms with E-state index in [1.165, 1.54) is 5.56 Å². The number of carbonyl (C=O) groups is 1. The lowest BCUT2D eigenvalue weighted by Gasteiger charge is -2.25. The van der Waals surface area contributed by atoms with Crippen LogP contribution in [0.15, 0.2) is 53.3 Å². The van der Waals surface area contributed by atoms with Crippen LogP contribution in [0.25, 0.3) is 11.0 Å². The molecule has 2 aromatic heterocycles. The van der Waals surface area contributed by atoms with E-state index in [1.54, 1.807) is 6.20 Å². The van der Waals surface area contributed by atoms with Gasteiger partial charge < -0.3 is 9.42 Å². The topological polar surface area (TPSA) is 62.5 Å². The molecule has 2 atom stereocenters. The molecule has 0 bridgehead atoms. The molecule has 2 fully saturated rings. The molecule has 4 heterocycles. The molecule has 3 aromatic rings. The van der Waals surface area contributed by atoms with Gasteiger partial charge in [-0.1, -0.05) is 23.4 Å². The number of benzene rings is 1. The van der Waals surface area contributed by atoms with Gasteiger partial charge in [-0.2, -0.15) is 0 Å². The van der Waals surface area contributed by atoms with Gasteiger partial charge in [0, 0.05) is 50.0 Å². The molecule has 1 aromatic carbocycles. The first kappa shape index (κ1) is 16.4. The zero-order valence-corrected chi connectivity index (χ0v) is 15.1. The van der Waals surface area contributed by atoms with Crippen molar-refractivity contribution in [3.63, 3.8) is 0 Å². The first-order chi connectivity index (χ1) is 13.3. The van der Waals surface area contributed by atoms with Crippen LogP contribution in [0.1, 0.15) is 17.7 Å². The van der Waals surface area contributed by atoms with Crippen molar-refractivity contribution < 1.29 is 9.32 Å². The Morgan fingerprint density at radius 2 is 2.11 bits per heavy atom. The van der Waals surface area contributed by atoms with Crippen molar-refractivity contribution >= 4 is 16.9 Å². The van der Waals surface area contributed by atoms with Crippen LogP contribution in [0.4, 0.5) is 0 Å². The third kappa shape index (κ3) is 3.10. The molecule has 1 amide bonds. The van der Waals surface area contributed by atoms with Crippen LogP contribution < -0.4 is 0 Å². The summed E-state index contributed by atoms with van der Waals surface area (Å²) in [7, 11) is 0. The fraction of sp³-hybridized carbons (Fsp3) is 0.381. The van der Waals surface area contributed by atoms with Gasteiger partial charge in [0.15, 0.2) is 5.58 Å². The minimum atomic E-state index is 0.157. The van der Waals surface area contributed by atoms with Gasteiger partial charge in [0.05, 0.1) is 6.42 Å². The molecule has 2 saturated heterocycles. The number of hydrogen-bond acceptors (Lipinski definition) is 5. The zero-order chi connectivity index (χ0) is 18.2. The molecule has 2 aliphatic rings. The lowest BCUT2D eigenvalue weighted by molar-refractivity contribution is -0.131. The second kappa shape index (κ2) is 6.78. The third-order valence-electron chi connectivity index (χ3n) is 5.84. The second-order valence-corrected chi connectivity index (χ2v) is 7.56. The molecule has 2 aliphatic heterocycles. The molecule has 0 N–H and O–H groups in total. The smallest absolute Gasteiger partial charge is 0.229 e. The Labute approximate surface area is 157 Å². The number of fused-ring (bicyclic) bond motifs is 2. The summed E-state index contributed by atoms with van der Waals surface area (Å²) in [6.07, 6.45) is 5.12. The summed E-state index contributed by atoms with van der Waals surface area (Å²) in [5.41, 5.74) is 2.71. The summed E-state index contributed by atoms with van der Waals surface area (Å²) in [6.45, 7) is 3.74. The van der Waals surface area contributed by atoms with Crippen molar-refractivity contribution in [2.24, 2.45) is 5.92 Å². The maximum absolute atomic E-state index is 13.0. The van der Waals surface area contributed by atoms with E-state index in [-0.39, 0.29) is 5.91 Å². The van der Waals surface area contributed by atoms with Crippen LogP contribution in [-0.4, -0.2) is 51.5 Å². The highest BCUT2D eigenvalue weighted by molar-refractivity contribution is 5.86. The van der Waals surface area contributed by atoms with Crippen LogP contribution in [-0.2, 0) is 17.8 Å². The lowest BCUT2D eigenvalue weighted by Crippen LogP contribution is -2.40. The van der Waals surface area contributed by atoms with Gasteiger partial charge in [-0.25, -0.2) is 0 Å². The van der Waals surface area contributed by atoms with E-state index in [4.69, 9.17) is 4.52 Å². The van der Waals surface area contributed by atoms with Gasteiger partial charge in [-0.15, -0.1) is 0 Å². The Hall–Kier alpha value is -2.73. The number of carbonyl (C=O) groups excluding carboxylic acids is 1. The van der Waals surface area contributed by atoms with Crippen molar-refractivity contribution in [1.29, 1.82) is 0 Å². The van der Waals surface area contributed by atoms with E-state index in [9.17, 15) is 4.79 Å². The van der Waals surface area contributed by atoms with Crippen LogP contribution in [0.3, 0.4) is 0 Å². The normalized spacial score (nSPS) is 22.4. The van der Waals surface area contributed by atoms with E-state index in [2.05, 4.69) is 26.0 Å². The first-order valence-electron chi connectivity index (χ1n) is 9.52. The average molecular weight is 362 g/mol. The Morgan fingerprint density at radius 3 is 3.00 bits per heavy atom. The molecule has 0 aliphatic carbocycles. The van der Waals surface area contributed by atoms with E-state index in [0.717, 1.165) is 49.3 Å². The predicted octanol–water partition coefficient (Wildman–Crippen LogP) is 2.50. The van der Waals surface area contributed by atoms with Crippen molar-refractivity contribution in [2.45, 2.75) is 25.4 Å². The largest absolute Gasteiger partial charge is 0.356 e. The van der Waals surface area contributed by atoms with Crippen LogP contribution in [0.5, 0.6) is 0 Å². The molecule has 6 nitrogen and oxygen atoms in total. The molecular weight excluding hydrogens is 340 g/mol. The van der Waals surface area contributed by atoms with Gasteiger partial charge in [0.2, 0.25) is 5.91 Å². The van der Waals surface area contributed by atoms with E-state index in [1.807, 2.05) is 36.5 Å². The van der Waals surface area contributed by atoms with Crippen LogP contribution >= 0.6 is 0 Å². The van der Waals surface area contributed by atoms with Crippen LogP contribution in [0, 0.1) is 5.92 Å². The molecule has 6 heteroatoms. The third-order valence-corrected chi connectivity index (χ3v) is 5.84. The standard InChI is InChI=1S/C21H22N4O2/c26-21(10-18-17-5-1-2-6-20(17)27-23-18)25-9-7-16-13-24(14-19(16)25)12-15-4-3-8-22-11-15/h1-6,8,11,16,19H,7,9-10,12-14H2/t16-,19+/m0/s1. The number of hydrogen-bond donors (Lipinski definition) is 0. The zero-order valence-electron chi connectivity index (χ0n) is 15.1. The fourth-order valence-electron chi connectivity index (χ4n) is 4.55. The fourth-order valence-corrected chi connectivity index (χ4v) is 4.55. The summed E-state index contributed by atoms with van der Waals surface area (Å²) >= 11 is 0. The van der Waals surface area contributed by atoms with Gasteiger partial charge in [-0.05, 0) is 36.1 Å². The number of likely N-dealkylation sites (tertiary alicyclic amines) is 2. The maximum atomic E-state index is 13.0. The van der Waals surface area contributed by atoms with Gasteiger partial charge in [0.1, 0.15) is 5.69 Å². The summed E-state index contributed by atoms with van der Waals surface area (Å²) in [5.74, 6) is 0.726. The average Bonchev–Trinajstić information content (AvgIpc) is 3.37. The lowest BCUT2D eigenvalue weighted by atomic mass is 10.0. The van der Waals surface area contributed by atoms with Crippen molar-refractivity contribution in [3.8, 4) is 0 Å². The quantitative estimate of drug-likeness (QED) is 0.714. The Balaban J connectivity index is 1.26. The molecule has 27 heavy (non-hydrogen) atoms. The van der Waals surface area contributed by atoms with E-state index < -0.39 is 0 Å². The SMILES string of the molecule is O=C(Cc1noc2ccccc12)N1CC[C@H]2CN(Cc3cccnc3)C[C@H]21. The van der Waals surface area contributed by atoms with Crippen molar-refractivity contribution in [1.82, 2.24) is 19.9 Å². The van der Waals surface area contributed by atoms with Gasteiger partial charge in [-0.3, -0.25) is 14.7 Å². The highest BCUT2D eigenvalue weighted by atomic mass is 16.5. The number of amides is 1. The van der Waals surface area contributed by atoms with Gasteiger partial charge in [0.25, 0.3) is 0 Å². The van der Waals surface area contributed by atoms with Crippen molar-refractivity contribution in [2.75, 3.05) is 19.6 Å². The van der Waals surface area contributed by atoms with E-state index in [0.29, 0.717) is 18.4 Å². The highest BCUT2D eigenvalue weighted by Gasteiger charge is 2.43. The molecular formula is C21H22N4O2. The first-order valence-corrected chi connectivity index (χ1v) is 9.52. The molecule has 0 radical (unpaired) electrons. The summed E-state index contributed by atoms with van der Waals surface area (Å²) in [5, 5.41) is 5.06. The monoisotopic (exact) mass is 362 g/mol. The second-order valence-electron chi connectivity index (χ2n) is 7.56. The van der Waals surface area contributed by atoms with E-state index >= 15 is 0 Å².